The maximum atomic E-state index is 12.7. The first-order valence-electron chi connectivity index (χ1n) is 9.26. The van der Waals surface area contributed by atoms with E-state index in [9.17, 15) is 9.59 Å². The second-order valence-electron chi connectivity index (χ2n) is 6.79. The number of amides is 2. The maximum absolute atomic E-state index is 12.7. The molecule has 2 N–H and O–H groups in total. The summed E-state index contributed by atoms with van der Waals surface area (Å²) < 4.78 is 16.3. The van der Waals surface area contributed by atoms with Crippen molar-refractivity contribution in [3.05, 3.63) is 71.3 Å². The molecule has 7 heteroatoms. The van der Waals surface area contributed by atoms with E-state index in [-0.39, 0.29) is 11.8 Å². The quantitative estimate of drug-likeness (QED) is 0.663. The van der Waals surface area contributed by atoms with Crippen molar-refractivity contribution in [2.24, 2.45) is 0 Å². The molecule has 0 saturated carbocycles. The molecule has 0 bridgehead atoms. The lowest BCUT2D eigenvalue weighted by molar-refractivity contribution is 0.101. The zero-order valence-corrected chi connectivity index (χ0v) is 16.7. The molecule has 152 valence electrons. The summed E-state index contributed by atoms with van der Waals surface area (Å²) in [5, 5.41) is 5.65. The molecule has 3 aromatic carbocycles. The average molecular weight is 404 g/mol. The minimum atomic E-state index is -0.343. The van der Waals surface area contributed by atoms with Gasteiger partial charge in [0, 0.05) is 11.3 Å². The Labute approximate surface area is 173 Å². The molecule has 0 aromatic heterocycles. The molecule has 0 fully saturated rings. The molecule has 0 unspecified atom stereocenters. The van der Waals surface area contributed by atoms with E-state index in [4.69, 9.17) is 14.2 Å². The molecule has 1 aliphatic rings. The van der Waals surface area contributed by atoms with Gasteiger partial charge < -0.3 is 24.8 Å². The third kappa shape index (κ3) is 3.65. The van der Waals surface area contributed by atoms with Crippen LogP contribution in [0.2, 0.25) is 0 Å². The fourth-order valence-electron chi connectivity index (χ4n) is 3.19. The first-order chi connectivity index (χ1) is 14.5. The second kappa shape index (κ2) is 7.79. The minimum Gasteiger partial charge on any atom is -0.493 e. The van der Waals surface area contributed by atoms with Crippen LogP contribution in [0.15, 0.2) is 54.6 Å². The molecule has 2 amide bonds. The smallest absolute Gasteiger partial charge is 0.259 e. The molecule has 0 spiro atoms. The Kier molecular flexibility index (Phi) is 5.02. The zero-order valence-electron chi connectivity index (χ0n) is 16.7. The Balaban J connectivity index is 1.59. The summed E-state index contributed by atoms with van der Waals surface area (Å²) in [5.41, 5.74) is 2.80. The van der Waals surface area contributed by atoms with Crippen molar-refractivity contribution in [3.63, 3.8) is 0 Å². The van der Waals surface area contributed by atoms with Crippen molar-refractivity contribution in [3.8, 4) is 23.0 Å². The Bertz CT molecular complexity index is 1160. The lowest BCUT2D eigenvalue weighted by atomic mass is 10.1. The molecule has 1 aliphatic heterocycles. The summed E-state index contributed by atoms with van der Waals surface area (Å²) in [5.74, 6) is 1.31. The van der Waals surface area contributed by atoms with Crippen LogP contribution in [-0.2, 0) is 0 Å². The number of carbonyl (C=O) groups is 2. The van der Waals surface area contributed by atoms with Gasteiger partial charge in [0.15, 0.2) is 17.2 Å². The SMILES string of the molecule is COc1ccc(C(=O)Nc2ccc3c(c2)C(=O)Nc2cc(C)ccc2O3)cc1OC. The predicted molar refractivity (Wildman–Crippen MR) is 113 cm³/mol. The molecular formula is C23H20N2O5. The Morgan fingerprint density at radius 1 is 0.933 bits per heavy atom. The molecule has 3 aromatic rings. The Hall–Kier alpha value is -4.00. The zero-order chi connectivity index (χ0) is 21.3. The Morgan fingerprint density at radius 2 is 1.70 bits per heavy atom. The van der Waals surface area contributed by atoms with Gasteiger partial charge in [-0.05, 0) is 61.0 Å². The molecular weight excluding hydrogens is 384 g/mol. The van der Waals surface area contributed by atoms with Crippen molar-refractivity contribution in [2.75, 3.05) is 24.9 Å². The number of hydrogen-bond donors (Lipinski definition) is 2. The van der Waals surface area contributed by atoms with Gasteiger partial charge in [-0.15, -0.1) is 0 Å². The van der Waals surface area contributed by atoms with Crippen molar-refractivity contribution in [1.29, 1.82) is 0 Å². The number of fused-ring (bicyclic) bond motifs is 2. The molecule has 30 heavy (non-hydrogen) atoms. The number of aryl methyl sites for hydroxylation is 1. The number of carbonyl (C=O) groups excluding carboxylic acids is 2. The monoisotopic (exact) mass is 404 g/mol. The fourth-order valence-corrected chi connectivity index (χ4v) is 3.19. The van der Waals surface area contributed by atoms with Gasteiger partial charge in [-0.25, -0.2) is 0 Å². The number of rotatable bonds is 4. The number of ether oxygens (including phenoxy) is 3. The van der Waals surface area contributed by atoms with E-state index >= 15 is 0 Å². The lowest BCUT2D eigenvalue weighted by Crippen LogP contribution is -2.14. The van der Waals surface area contributed by atoms with E-state index in [1.54, 1.807) is 36.4 Å². The van der Waals surface area contributed by atoms with Crippen LogP contribution in [0.25, 0.3) is 0 Å². The largest absolute Gasteiger partial charge is 0.493 e. The maximum Gasteiger partial charge on any atom is 0.259 e. The van der Waals surface area contributed by atoms with Crippen LogP contribution in [-0.4, -0.2) is 26.0 Å². The molecule has 0 aliphatic carbocycles. The number of nitrogens with one attached hydrogen (secondary N) is 2. The van der Waals surface area contributed by atoms with Crippen LogP contribution in [0.5, 0.6) is 23.0 Å². The normalized spacial score (nSPS) is 11.9. The topological polar surface area (TPSA) is 85.9 Å². The highest BCUT2D eigenvalue weighted by Crippen LogP contribution is 2.37. The summed E-state index contributed by atoms with van der Waals surface area (Å²) >= 11 is 0. The summed E-state index contributed by atoms with van der Waals surface area (Å²) in [4.78, 5) is 25.4. The first-order valence-corrected chi connectivity index (χ1v) is 9.26. The van der Waals surface area contributed by atoms with Crippen molar-refractivity contribution in [2.45, 2.75) is 6.92 Å². The molecule has 0 saturated heterocycles. The summed E-state index contributed by atoms with van der Waals surface area (Å²) in [6.07, 6.45) is 0. The lowest BCUT2D eigenvalue weighted by Gasteiger charge is -2.11. The van der Waals surface area contributed by atoms with Gasteiger partial charge in [-0.1, -0.05) is 6.07 Å². The Morgan fingerprint density at radius 3 is 2.47 bits per heavy atom. The van der Waals surface area contributed by atoms with Crippen molar-refractivity contribution >= 4 is 23.2 Å². The van der Waals surface area contributed by atoms with Crippen molar-refractivity contribution in [1.82, 2.24) is 0 Å². The number of benzene rings is 3. The number of hydrogen-bond acceptors (Lipinski definition) is 5. The molecule has 4 rings (SSSR count). The summed E-state index contributed by atoms with van der Waals surface area (Å²) in [6, 6.07) is 15.4. The number of anilines is 2. The van der Waals surface area contributed by atoms with Gasteiger partial charge in [0.2, 0.25) is 0 Å². The van der Waals surface area contributed by atoms with E-state index in [0.717, 1.165) is 5.56 Å². The fraction of sp³-hybridized carbons (Fsp3) is 0.130. The summed E-state index contributed by atoms with van der Waals surface area (Å²) in [6.45, 7) is 1.94. The van der Waals surface area contributed by atoms with E-state index in [1.165, 1.54) is 14.2 Å². The highest BCUT2D eigenvalue weighted by atomic mass is 16.5. The van der Waals surface area contributed by atoms with Gasteiger partial charge in [-0.3, -0.25) is 9.59 Å². The van der Waals surface area contributed by atoms with Crippen LogP contribution in [0, 0.1) is 6.92 Å². The second-order valence-corrected chi connectivity index (χ2v) is 6.79. The van der Waals surface area contributed by atoms with E-state index in [0.29, 0.717) is 45.5 Å². The minimum absolute atomic E-state index is 0.309. The van der Waals surface area contributed by atoms with Crippen molar-refractivity contribution < 1.29 is 23.8 Å². The molecule has 0 atom stereocenters. The van der Waals surface area contributed by atoms with Crippen LogP contribution >= 0.6 is 0 Å². The summed E-state index contributed by atoms with van der Waals surface area (Å²) in [7, 11) is 3.03. The molecule has 1 heterocycles. The van der Waals surface area contributed by atoms with Crippen LogP contribution in [0.3, 0.4) is 0 Å². The van der Waals surface area contributed by atoms with E-state index in [2.05, 4.69) is 10.6 Å². The highest BCUT2D eigenvalue weighted by molar-refractivity contribution is 6.10. The first kappa shape index (κ1) is 19.3. The van der Waals surface area contributed by atoms with Gasteiger partial charge in [0.25, 0.3) is 11.8 Å². The predicted octanol–water partition coefficient (Wildman–Crippen LogP) is 4.62. The van der Waals surface area contributed by atoms with E-state index < -0.39 is 0 Å². The standard InChI is InChI=1S/C23H20N2O5/c1-13-4-7-19-17(10-13)25-23(27)16-12-15(6-9-18(16)30-19)24-22(26)14-5-8-20(28-2)21(11-14)29-3/h4-12H,1-3H3,(H,24,26)(H,25,27). The molecule has 7 nitrogen and oxygen atoms in total. The van der Waals surface area contributed by atoms with Gasteiger partial charge in [0.1, 0.15) is 5.75 Å². The highest BCUT2D eigenvalue weighted by Gasteiger charge is 2.22. The van der Waals surface area contributed by atoms with Crippen LogP contribution in [0.1, 0.15) is 26.3 Å². The third-order valence-electron chi connectivity index (χ3n) is 4.73. The average Bonchev–Trinajstić information content (AvgIpc) is 2.88. The van der Waals surface area contributed by atoms with Gasteiger partial charge in [0.05, 0.1) is 25.5 Å². The molecule has 0 radical (unpaired) electrons. The third-order valence-corrected chi connectivity index (χ3v) is 4.73. The number of methoxy groups -OCH3 is 2. The van der Waals surface area contributed by atoms with Gasteiger partial charge >= 0.3 is 0 Å². The van der Waals surface area contributed by atoms with E-state index in [1.807, 2.05) is 25.1 Å². The van der Waals surface area contributed by atoms with Gasteiger partial charge in [-0.2, -0.15) is 0 Å². The van der Waals surface area contributed by atoms with Crippen LogP contribution in [0.4, 0.5) is 11.4 Å². The van der Waals surface area contributed by atoms with Crippen LogP contribution < -0.4 is 24.8 Å².